The zero-order valence-electron chi connectivity index (χ0n) is 10.2. The zero-order valence-corrected chi connectivity index (χ0v) is 10.2. The number of amides is 1. The Kier molecular flexibility index (Phi) is 2.12. The number of likely N-dealkylation sites (tertiary alicyclic amines) is 1. The first kappa shape index (κ1) is 10.8. The molecule has 0 aromatic rings. The molecule has 1 amide bonds. The molecule has 2 aliphatic carbocycles. The summed E-state index contributed by atoms with van der Waals surface area (Å²) >= 11 is 0. The summed E-state index contributed by atoms with van der Waals surface area (Å²) in [5.41, 5.74) is 0.427. The molecule has 92 valence electrons. The van der Waals surface area contributed by atoms with Crippen molar-refractivity contribution in [1.82, 2.24) is 4.90 Å². The summed E-state index contributed by atoms with van der Waals surface area (Å²) in [6.45, 7) is 5.25. The number of carbonyl (C=O) groups excluding carboxylic acids is 2. The van der Waals surface area contributed by atoms with Crippen molar-refractivity contribution >= 4 is 11.9 Å². The van der Waals surface area contributed by atoms with Crippen LogP contribution in [0.2, 0.25) is 0 Å². The molecule has 1 aliphatic heterocycles. The first-order valence-electron chi connectivity index (χ1n) is 6.14. The first-order chi connectivity index (χ1) is 8.00. The van der Waals surface area contributed by atoms with Crippen LogP contribution < -0.4 is 0 Å². The highest BCUT2D eigenvalue weighted by Gasteiger charge is 2.63. The summed E-state index contributed by atoms with van der Waals surface area (Å²) in [7, 11) is 1.83. The van der Waals surface area contributed by atoms with E-state index in [0.717, 1.165) is 12.8 Å². The third kappa shape index (κ3) is 1.30. The third-order valence-corrected chi connectivity index (χ3v) is 4.59. The summed E-state index contributed by atoms with van der Waals surface area (Å²) in [6, 6.07) is 0.106. The van der Waals surface area contributed by atoms with Gasteiger partial charge in [-0.25, -0.2) is 4.79 Å². The van der Waals surface area contributed by atoms with Crippen molar-refractivity contribution in [2.24, 2.45) is 17.8 Å². The van der Waals surface area contributed by atoms with E-state index in [9.17, 15) is 9.59 Å². The van der Waals surface area contributed by atoms with Crippen LogP contribution >= 0.6 is 0 Å². The molecule has 1 heterocycles. The molecule has 4 nitrogen and oxygen atoms in total. The van der Waals surface area contributed by atoms with Crippen molar-refractivity contribution in [3.05, 3.63) is 12.2 Å². The summed E-state index contributed by atoms with van der Waals surface area (Å²) in [5, 5.41) is 0. The van der Waals surface area contributed by atoms with Gasteiger partial charge in [0, 0.05) is 18.5 Å². The number of carbonyl (C=O) groups is 2. The van der Waals surface area contributed by atoms with Crippen molar-refractivity contribution in [3.63, 3.8) is 0 Å². The van der Waals surface area contributed by atoms with Crippen molar-refractivity contribution in [3.8, 4) is 0 Å². The normalized spacial score (nSPS) is 42.1. The highest BCUT2D eigenvalue weighted by Crippen LogP contribution is 2.56. The summed E-state index contributed by atoms with van der Waals surface area (Å²) in [4.78, 5) is 25.4. The lowest BCUT2D eigenvalue weighted by molar-refractivity contribution is -0.149. The van der Waals surface area contributed by atoms with E-state index in [1.807, 2.05) is 7.05 Å². The monoisotopic (exact) mass is 235 g/mol. The van der Waals surface area contributed by atoms with Crippen LogP contribution in [-0.4, -0.2) is 36.0 Å². The third-order valence-electron chi connectivity index (χ3n) is 4.59. The lowest BCUT2D eigenvalue weighted by atomic mass is 9.87. The molecule has 3 fully saturated rings. The predicted octanol–water partition coefficient (Wildman–Crippen LogP) is 0.971. The minimum atomic E-state index is -0.327. The number of nitrogens with zero attached hydrogens (tertiary/aromatic N) is 1. The Morgan fingerprint density at radius 3 is 2.82 bits per heavy atom. The van der Waals surface area contributed by atoms with Gasteiger partial charge in [-0.2, -0.15) is 0 Å². The molecule has 5 atom stereocenters. The molecule has 1 saturated heterocycles. The van der Waals surface area contributed by atoms with Crippen LogP contribution in [0.1, 0.15) is 19.8 Å². The molecule has 0 aromatic carbocycles. The SMILES string of the molecule is C=C(C)C(=O)OC1C2CC3C(=O)N(C)C1C3C2. The predicted molar refractivity (Wildman–Crippen MR) is 61.0 cm³/mol. The molecule has 0 radical (unpaired) electrons. The Labute approximate surface area is 101 Å². The number of esters is 1. The van der Waals surface area contributed by atoms with Gasteiger partial charge in [0.05, 0.1) is 6.04 Å². The highest BCUT2D eigenvalue weighted by atomic mass is 16.5. The van der Waals surface area contributed by atoms with Gasteiger partial charge in [-0.1, -0.05) is 6.58 Å². The second-order valence-corrected chi connectivity index (χ2v) is 5.59. The number of hydrogen-bond acceptors (Lipinski definition) is 3. The number of ether oxygens (including phenoxy) is 1. The molecule has 17 heavy (non-hydrogen) atoms. The van der Waals surface area contributed by atoms with E-state index in [4.69, 9.17) is 4.74 Å². The van der Waals surface area contributed by atoms with Crippen molar-refractivity contribution in [1.29, 1.82) is 0 Å². The number of fused-ring (bicyclic) bond motifs is 1. The Bertz CT molecular complexity index is 417. The molecule has 4 heteroatoms. The lowest BCUT2D eigenvalue weighted by Crippen LogP contribution is -2.42. The summed E-state index contributed by atoms with van der Waals surface area (Å²) in [6.07, 6.45) is 1.80. The molecule has 2 saturated carbocycles. The van der Waals surface area contributed by atoms with E-state index in [1.54, 1.807) is 11.8 Å². The van der Waals surface area contributed by atoms with Crippen LogP contribution in [0.25, 0.3) is 0 Å². The number of likely N-dealkylation sites (N-methyl/N-ethyl adjacent to an activating group) is 1. The van der Waals surface area contributed by atoms with Crippen LogP contribution in [-0.2, 0) is 14.3 Å². The molecule has 0 spiro atoms. The van der Waals surface area contributed by atoms with E-state index in [0.29, 0.717) is 17.4 Å². The van der Waals surface area contributed by atoms with Gasteiger partial charge in [0.25, 0.3) is 0 Å². The molecule has 3 rings (SSSR count). The smallest absolute Gasteiger partial charge is 0.333 e. The van der Waals surface area contributed by atoms with E-state index < -0.39 is 0 Å². The topological polar surface area (TPSA) is 46.6 Å². The van der Waals surface area contributed by atoms with E-state index in [2.05, 4.69) is 6.58 Å². The Balaban J connectivity index is 1.82. The van der Waals surface area contributed by atoms with Gasteiger partial charge in [0.15, 0.2) is 0 Å². The Morgan fingerprint density at radius 2 is 2.18 bits per heavy atom. The minimum Gasteiger partial charge on any atom is -0.457 e. The molecule has 0 N–H and O–H groups in total. The Hall–Kier alpha value is -1.32. The van der Waals surface area contributed by atoms with Crippen LogP contribution in [0.5, 0.6) is 0 Å². The van der Waals surface area contributed by atoms with Gasteiger partial charge in [0.2, 0.25) is 5.91 Å². The fraction of sp³-hybridized carbons (Fsp3) is 0.692. The molecular formula is C13H17NO3. The van der Waals surface area contributed by atoms with Crippen LogP contribution in [0.3, 0.4) is 0 Å². The second-order valence-electron chi connectivity index (χ2n) is 5.59. The summed E-state index contributed by atoms with van der Waals surface area (Å²) < 4.78 is 5.52. The second kappa shape index (κ2) is 3.34. The average Bonchev–Trinajstić information content (AvgIpc) is 2.87. The average molecular weight is 235 g/mol. The summed E-state index contributed by atoms with van der Waals surface area (Å²) in [5.74, 6) is 0.866. The fourth-order valence-electron chi connectivity index (χ4n) is 3.87. The molecule has 3 aliphatic rings. The maximum absolute atomic E-state index is 12.0. The van der Waals surface area contributed by atoms with Gasteiger partial charge in [-0.15, -0.1) is 0 Å². The van der Waals surface area contributed by atoms with Crippen LogP contribution in [0.4, 0.5) is 0 Å². The fourth-order valence-corrected chi connectivity index (χ4v) is 3.87. The van der Waals surface area contributed by atoms with E-state index in [-0.39, 0.29) is 29.9 Å². The number of hydrogen-bond donors (Lipinski definition) is 0. The van der Waals surface area contributed by atoms with Crippen molar-refractivity contribution < 1.29 is 14.3 Å². The Morgan fingerprint density at radius 1 is 1.47 bits per heavy atom. The first-order valence-corrected chi connectivity index (χ1v) is 6.14. The largest absolute Gasteiger partial charge is 0.457 e. The highest BCUT2D eigenvalue weighted by molar-refractivity contribution is 5.87. The lowest BCUT2D eigenvalue weighted by Gasteiger charge is -2.29. The molecular weight excluding hydrogens is 218 g/mol. The van der Waals surface area contributed by atoms with Crippen molar-refractivity contribution in [2.45, 2.75) is 31.9 Å². The van der Waals surface area contributed by atoms with Gasteiger partial charge in [-0.05, 0) is 31.6 Å². The standard InChI is InChI=1S/C13H17NO3/c1-6(2)13(16)17-11-7-4-8-9(5-7)12(15)14(3)10(8)11/h7-11H,1,4-5H2,2-3H3. The molecule has 0 aromatic heterocycles. The number of rotatable bonds is 2. The molecule has 2 bridgehead atoms. The molecule has 5 unspecified atom stereocenters. The van der Waals surface area contributed by atoms with Gasteiger partial charge in [-0.3, -0.25) is 4.79 Å². The van der Waals surface area contributed by atoms with Gasteiger partial charge < -0.3 is 9.64 Å². The van der Waals surface area contributed by atoms with Gasteiger partial charge in [0.1, 0.15) is 6.10 Å². The maximum Gasteiger partial charge on any atom is 0.333 e. The van der Waals surface area contributed by atoms with Gasteiger partial charge >= 0.3 is 5.97 Å². The van der Waals surface area contributed by atoms with Crippen molar-refractivity contribution in [2.75, 3.05) is 7.05 Å². The van der Waals surface area contributed by atoms with Crippen LogP contribution in [0.15, 0.2) is 12.2 Å². The van der Waals surface area contributed by atoms with E-state index >= 15 is 0 Å². The minimum absolute atomic E-state index is 0.106. The van der Waals surface area contributed by atoms with Crippen LogP contribution in [0, 0.1) is 17.8 Å². The van der Waals surface area contributed by atoms with E-state index in [1.165, 1.54) is 0 Å². The quantitative estimate of drug-likeness (QED) is 0.529. The maximum atomic E-state index is 12.0. The zero-order chi connectivity index (χ0) is 12.3.